The summed E-state index contributed by atoms with van der Waals surface area (Å²) in [5.74, 6) is -2.73. The van der Waals surface area contributed by atoms with Crippen LogP contribution in [0, 0.1) is 5.92 Å². The summed E-state index contributed by atoms with van der Waals surface area (Å²) >= 11 is 6.25. The molecular weight excluding hydrogens is 472 g/mol. The van der Waals surface area contributed by atoms with Crippen molar-refractivity contribution in [2.24, 2.45) is 5.92 Å². The van der Waals surface area contributed by atoms with E-state index in [-0.39, 0.29) is 28.1 Å². The summed E-state index contributed by atoms with van der Waals surface area (Å²) < 4.78 is 0. The van der Waals surface area contributed by atoms with Crippen molar-refractivity contribution in [3.63, 3.8) is 0 Å². The van der Waals surface area contributed by atoms with E-state index in [4.69, 9.17) is 11.6 Å². The molecule has 2 atom stereocenters. The highest BCUT2D eigenvalue weighted by Crippen LogP contribution is 2.28. The lowest BCUT2D eigenvalue weighted by Gasteiger charge is -2.24. The summed E-state index contributed by atoms with van der Waals surface area (Å²) in [4.78, 5) is 64.6. The van der Waals surface area contributed by atoms with Crippen molar-refractivity contribution in [3.05, 3.63) is 35.4 Å². The first kappa shape index (κ1) is 28.0. The number of urea groups is 1. The maximum absolute atomic E-state index is 13.2. The fourth-order valence-electron chi connectivity index (χ4n) is 3.71. The van der Waals surface area contributed by atoms with Gasteiger partial charge in [-0.05, 0) is 57.4 Å². The van der Waals surface area contributed by atoms with E-state index in [9.17, 15) is 24.0 Å². The predicted molar refractivity (Wildman–Crippen MR) is 135 cm³/mol. The first-order valence-corrected chi connectivity index (χ1v) is 12.0. The Bertz CT molecular complexity index is 1050. The van der Waals surface area contributed by atoms with Crippen LogP contribution in [0.25, 0.3) is 0 Å². The van der Waals surface area contributed by atoms with Gasteiger partial charge in [0, 0.05) is 11.6 Å². The smallest absolute Gasteiger partial charge is 0.326 e. The second-order valence-electron chi connectivity index (χ2n) is 9.20. The summed E-state index contributed by atoms with van der Waals surface area (Å²) in [7, 11) is 0. The number of unbranched alkanes of at least 4 members (excludes halogenated alkanes) is 1. The number of carbonyl (C=O) groups excluding carboxylic acids is 5. The highest BCUT2D eigenvalue weighted by Gasteiger charge is 2.51. The molecule has 5 amide bonds. The van der Waals surface area contributed by atoms with Crippen molar-refractivity contribution in [2.75, 3.05) is 10.6 Å². The third kappa shape index (κ3) is 6.48. The number of rotatable bonds is 11. The topological polar surface area (TPSA) is 125 Å². The number of ketones is 1. The number of nitrogens with one attached hydrogen (secondary N) is 3. The fourth-order valence-corrected chi connectivity index (χ4v) is 3.88. The SMILES string of the molecule is C=C(C)C(=O)C(C(=O)Nc1cc(NC(=O)C(CC)CCCC)ccc1Cl)N1C(=O)NC(C)(C)C1=O. The second-order valence-corrected chi connectivity index (χ2v) is 9.61. The van der Waals surface area contributed by atoms with Crippen molar-refractivity contribution in [3.8, 4) is 0 Å². The van der Waals surface area contributed by atoms with Gasteiger partial charge in [-0.3, -0.25) is 19.2 Å². The Labute approximate surface area is 210 Å². The van der Waals surface area contributed by atoms with E-state index in [1.165, 1.54) is 32.9 Å². The summed E-state index contributed by atoms with van der Waals surface area (Å²) in [6.45, 7) is 11.9. The van der Waals surface area contributed by atoms with Gasteiger partial charge in [0.2, 0.25) is 5.91 Å². The third-order valence-corrected chi connectivity index (χ3v) is 6.16. The lowest BCUT2D eigenvalue weighted by molar-refractivity contribution is -0.140. The lowest BCUT2D eigenvalue weighted by Crippen LogP contribution is -2.53. The Balaban J connectivity index is 2.31. The molecule has 190 valence electrons. The summed E-state index contributed by atoms with van der Waals surface area (Å²) in [5, 5.41) is 7.97. The Morgan fingerprint density at radius 1 is 1.14 bits per heavy atom. The van der Waals surface area contributed by atoms with Gasteiger partial charge in [0.05, 0.1) is 10.7 Å². The molecule has 35 heavy (non-hydrogen) atoms. The van der Waals surface area contributed by atoms with Crippen molar-refractivity contribution in [1.82, 2.24) is 10.2 Å². The molecule has 1 aliphatic heterocycles. The van der Waals surface area contributed by atoms with Crippen LogP contribution >= 0.6 is 11.6 Å². The molecule has 1 saturated heterocycles. The number of hydrogen-bond donors (Lipinski definition) is 3. The Hall–Kier alpha value is -3.20. The largest absolute Gasteiger partial charge is 0.326 e. The normalized spacial score (nSPS) is 16.3. The molecule has 0 radical (unpaired) electrons. The standard InChI is InChI=1S/C25H33ClN4O5/c1-7-9-10-15(8-2)21(32)27-16-11-12-17(26)18(13-16)28-22(33)19(20(31)14(3)4)30-23(34)25(5,6)29-24(30)35/h11-13,15,19H,3,7-10H2,1-2,4-6H3,(H,27,32)(H,28,33)(H,29,35). The van der Waals surface area contributed by atoms with E-state index >= 15 is 0 Å². The molecule has 0 bridgehead atoms. The van der Waals surface area contributed by atoms with Crippen LogP contribution in [-0.4, -0.2) is 46.0 Å². The van der Waals surface area contributed by atoms with E-state index in [1.54, 1.807) is 6.07 Å². The number of amides is 5. The highest BCUT2D eigenvalue weighted by atomic mass is 35.5. The minimum absolute atomic E-state index is 0.000235. The predicted octanol–water partition coefficient (Wildman–Crippen LogP) is 4.28. The molecule has 2 unspecified atom stereocenters. The Morgan fingerprint density at radius 3 is 2.31 bits per heavy atom. The fraction of sp³-hybridized carbons (Fsp3) is 0.480. The van der Waals surface area contributed by atoms with Crippen LogP contribution in [0.1, 0.15) is 60.3 Å². The van der Waals surface area contributed by atoms with Gasteiger partial charge in [0.25, 0.3) is 11.8 Å². The summed E-state index contributed by atoms with van der Waals surface area (Å²) in [6.07, 6.45) is 3.38. The number of hydrogen-bond acceptors (Lipinski definition) is 5. The van der Waals surface area contributed by atoms with Gasteiger partial charge in [-0.1, -0.05) is 44.9 Å². The zero-order chi connectivity index (χ0) is 26.5. The molecule has 3 N–H and O–H groups in total. The average Bonchev–Trinajstić information content (AvgIpc) is 2.98. The minimum Gasteiger partial charge on any atom is -0.326 e. The summed E-state index contributed by atoms with van der Waals surface area (Å²) in [6, 6.07) is 1.92. The maximum Gasteiger partial charge on any atom is 0.326 e. The molecule has 1 aromatic rings. The maximum atomic E-state index is 13.2. The van der Waals surface area contributed by atoms with E-state index < -0.39 is 35.2 Å². The van der Waals surface area contributed by atoms with Crippen molar-refractivity contribution < 1.29 is 24.0 Å². The number of carbonyl (C=O) groups is 5. The van der Waals surface area contributed by atoms with Crippen LogP contribution in [0.5, 0.6) is 0 Å². The molecule has 0 saturated carbocycles. The first-order valence-electron chi connectivity index (χ1n) is 11.6. The molecule has 1 aromatic carbocycles. The Morgan fingerprint density at radius 2 is 1.80 bits per heavy atom. The van der Waals surface area contributed by atoms with Gasteiger partial charge in [0.15, 0.2) is 11.8 Å². The summed E-state index contributed by atoms with van der Waals surface area (Å²) in [5.41, 5.74) is -0.758. The number of halogens is 1. The number of anilines is 2. The van der Waals surface area contributed by atoms with E-state index in [2.05, 4.69) is 29.5 Å². The van der Waals surface area contributed by atoms with Crippen LogP contribution in [0.3, 0.4) is 0 Å². The van der Waals surface area contributed by atoms with Gasteiger partial charge >= 0.3 is 6.03 Å². The highest BCUT2D eigenvalue weighted by molar-refractivity contribution is 6.34. The average molecular weight is 505 g/mol. The van der Waals surface area contributed by atoms with E-state index in [0.29, 0.717) is 17.0 Å². The van der Waals surface area contributed by atoms with E-state index in [0.717, 1.165) is 19.3 Å². The molecule has 0 spiro atoms. The minimum atomic E-state index is -1.77. The van der Waals surface area contributed by atoms with Crippen LogP contribution in [0.15, 0.2) is 30.4 Å². The van der Waals surface area contributed by atoms with Crippen molar-refractivity contribution in [1.29, 1.82) is 0 Å². The number of nitrogens with zero attached hydrogens (tertiary/aromatic N) is 1. The molecule has 1 fully saturated rings. The van der Waals surface area contributed by atoms with Crippen LogP contribution < -0.4 is 16.0 Å². The quantitative estimate of drug-likeness (QED) is 0.236. The van der Waals surface area contributed by atoms with Gasteiger partial charge in [-0.15, -0.1) is 0 Å². The molecule has 2 rings (SSSR count). The van der Waals surface area contributed by atoms with Crippen LogP contribution in [-0.2, 0) is 19.2 Å². The number of benzene rings is 1. The van der Waals surface area contributed by atoms with Crippen molar-refractivity contribution in [2.45, 2.75) is 71.9 Å². The monoisotopic (exact) mass is 504 g/mol. The molecule has 0 aliphatic carbocycles. The van der Waals surface area contributed by atoms with E-state index in [1.807, 2.05) is 6.92 Å². The molecule has 0 aromatic heterocycles. The first-order chi connectivity index (χ1) is 16.3. The second kappa shape index (κ2) is 11.5. The zero-order valence-electron chi connectivity index (χ0n) is 20.8. The van der Waals surface area contributed by atoms with Crippen LogP contribution in [0.4, 0.5) is 16.2 Å². The van der Waals surface area contributed by atoms with Gasteiger partial charge in [-0.2, -0.15) is 0 Å². The number of imide groups is 1. The van der Waals surface area contributed by atoms with Gasteiger partial charge in [-0.25, -0.2) is 9.69 Å². The molecular formula is C25H33ClN4O5. The van der Waals surface area contributed by atoms with Crippen molar-refractivity contribution >= 4 is 52.5 Å². The van der Waals surface area contributed by atoms with Gasteiger partial charge in [0.1, 0.15) is 5.54 Å². The zero-order valence-corrected chi connectivity index (χ0v) is 21.5. The lowest BCUT2D eigenvalue weighted by atomic mass is 9.98. The molecule has 1 aliphatic rings. The molecule has 9 nitrogen and oxygen atoms in total. The number of Topliss-reactive ketones (excluding diaryl/α,β-unsaturated/α-hetero) is 1. The molecule has 1 heterocycles. The Kier molecular flexibility index (Phi) is 9.20. The van der Waals surface area contributed by atoms with Gasteiger partial charge < -0.3 is 16.0 Å². The van der Waals surface area contributed by atoms with Crippen LogP contribution in [0.2, 0.25) is 5.02 Å². The molecule has 10 heteroatoms. The third-order valence-electron chi connectivity index (χ3n) is 5.83.